The normalized spacial score (nSPS) is 14.5. The molecule has 0 unspecified atom stereocenters. The Morgan fingerprint density at radius 3 is 2.68 bits per heavy atom. The van der Waals surface area contributed by atoms with E-state index in [0.717, 1.165) is 30.1 Å². The third kappa shape index (κ3) is 5.20. The molecule has 1 saturated heterocycles. The average Bonchev–Trinajstić information content (AvgIpc) is 2.73. The van der Waals surface area contributed by atoms with Gasteiger partial charge in [-0.2, -0.15) is 5.26 Å². The Hall–Kier alpha value is -2.66. The Bertz CT molecular complexity index is 858. The molecule has 2 heterocycles. The molecule has 1 aromatic carbocycles. The van der Waals surface area contributed by atoms with Crippen molar-refractivity contribution >= 4 is 17.5 Å². The Labute approximate surface area is 169 Å². The molecule has 8 heteroatoms. The molecule has 1 aliphatic rings. The molecule has 0 atom stereocenters. The molecule has 2 aromatic rings. The number of carbonyl (C=O) groups is 1. The van der Waals surface area contributed by atoms with Gasteiger partial charge in [-0.05, 0) is 30.3 Å². The molecule has 1 amide bonds. The van der Waals surface area contributed by atoms with Gasteiger partial charge in [-0.15, -0.1) is 0 Å². The quantitative estimate of drug-likeness (QED) is 0.795. The van der Waals surface area contributed by atoms with Crippen LogP contribution >= 0.6 is 11.6 Å². The number of hydrogen-bond donors (Lipinski definition) is 1. The molecule has 0 saturated carbocycles. The van der Waals surface area contributed by atoms with E-state index in [4.69, 9.17) is 27.3 Å². The number of piperazine rings is 1. The highest BCUT2D eigenvalue weighted by Gasteiger charge is 2.21. The molecule has 28 heavy (non-hydrogen) atoms. The van der Waals surface area contributed by atoms with Gasteiger partial charge in [-0.1, -0.05) is 11.6 Å². The third-order valence-electron chi connectivity index (χ3n) is 4.65. The van der Waals surface area contributed by atoms with E-state index in [9.17, 15) is 4.79 Å². The first-order valence-electron chi connectivity index (χ1n) is 9.05. The molecule has 1 fully saturated rings. The molecule has 3 rings (SSSR count). The monoisotopic (exact) mass is 399 g/mol. The number of nitriles is 1. The van der Waals surface area contributed by atoms with Gasteiger partial charge >= 0.3 is 0 Å². The topological polar surface area (TPSA) is 95.5 Å². The van der Waals surface area contributed by atoms with E-state index in [1.807, 2.05) is 18.2 Å². The number of hydrogen-bond acceptors (Lipinski definition) is 6. The van der Waals surface area contributed by atoms with Crippen molar-refractivity contribution in [1.29, 1.82) is 5.26 Å². The lowest BCUT2D eigenvalue weighted by atomic mass is 10.1. The Balaban J connectivity index is 1.62. The number of halogens is 1. The molecular weight excluding hydrogens is 378 g/mol. The van der Waals surface area contributed by atoms with E-state index in [1.54, 1.807) is 23.1 Å². The molecule has 1 aromatic heterocycles. The molecule has 0 spiro atoms. The summed E-state index contributed by atoms with van der Waals surface area (Å²) in [5.41, 5.74) is 7.69. The van der Waals surface area contributed by atoms with E-state index < -0.39 is 0 Å². The zero-order chi connectivity index (χ0) is 19.9. The fraction of sp³-hybridized carbons (Fsp3) is 0.350. The van der Waals surface area contributed by atoms with E-state index in [1.165, 1.54) is 6.20 Å². The number of ether oxygens (including phenoxy) is 1. The summed E-state index contributed by atoms with van der Waals surface area (Å²) in [6.07, 6.45) is 1.53. The zero-order valence-corrected chi connectivity index (χ0v) is 16.2. The smallest absolute Gasteiger partial charge is 0.236 e. The number of nitrogens with zero attached hydrogens (tertiary/aromatic N) is 4. The molecule has 7 nitrogen and oxygen atoms in total. The van der Waals surface area contributed by atoms with Crippen molar-refractivity contribution < 1.29 is 9.53 Å². The van der Waals surface area contributed by atoms with Gasteiger partial charge in [-0.3, -0.25) is 14.7 Å². The largest absolute Gasteiger partial charge is 0.487 e. The number of amides is 1. The lowest BCUT2D eigenvalue weighted by Gasteiger charge is -2.34. The highest BCUT2D eigenvalue weighted by atomic mass is 35.5. The van der Waals surface area contributed by atoms with E-state index in [0.29, 0.717) is 36.8 Å². The molecule has 1 aliphatic heterocycles. The van der Waals surface area contributed by atoms with Crippen LogP contribution < -0.4 is 10.5 Å². The Morgan fingerprint density at radius 2 is 2.04 bits per heavy atom. The number of benzene rings is 1. The minimum Gasteiger partial charge on any atom is -0.487 e. The minimum absolute atomic E-state index is 0.0126. The molecule has 0 aliphatic carbocycles. The second kappa shape index (κ2) is 9.51. The molecule has 0 bridgehead atoms. The van der Waals surface area contributed by atoms with Gasteiger partial charge in [0.25, 0.3) is 0 Å². The van der Waals surface area contributed by atoms with Crippen LogP contribution in [0.2, 0.25) is 5.02 Å². The Morgan fingerprint density at radius 1 is 1.25 bits per heavy atom. The van der Waals surface area contributed by atoms with Crippen molar-refractivity contribution in [3.63, 3.8) is 0 Å². The van der Waals surface area contributed by atoms with Crippen LogP contribution in [-0.4, -0.2) is 53.4 Å². The van der Waals surface area contributed by atoms with Crippen LogP contribution in [0.5, 0.6) is 5.75 Å². The summed E-state index contributed by atoms with van der Waals surface area (Å²) in [6.45, 7) is 3.92. The van der Waals surface area contributed by atoms with Gasteiger partial charge in [0.15, 0.2) is 0 Å². The first-order chi connectivity index (χ1) is 13.6. The first kappa shape index (κ1) is 20.1. The highest BCUT2D eigenvalue weighted by molar-refractivity contribution is 6.30. The number of pyridine rings is 1. The van der Waals surface area contributed by atoms with Gasteiger partial charge in [-0.25, -0.2) is 0 Å². The molecular formula is C20H22ClN5O2. The first-order valence-corrected chi connectivity index (χ1v) is 9.43. The van der Waals surface area contributed by atoms with Crippen LogP contribution in [-0.2, 0) is 17.9 Å². The van der Waals surface area contributed by atoms with Crippen molar-refractivity contribution in [2.75, 3.05) is 32.7 Å². The maximum atomic E-state index is 11.7. The second-order valence-corrected chi connectivity index (χ2v) is 6.99. The summed E-state index contributed by atoms with van der Waals surface area (Å²) < 4.78 is 5.96. The van der Waals surface area contributed by atoms with Crippen molar-refractivity contribution in [2.24, 2.45) is 5.73 Å². The van der Waals surface area contributed by atoms with Crippen molar-refractivity contribution in [2.45, 2.75) is 13.2 Å². The minimum atomic E-state index is -0.0126. The number of nitrogens with two attached hydrogens (primary N) is 1. The van der Waals surface area contributed by atoms with Crippen molar-refractivity contribution in [3.05, 3.63) is 58.4 Å². The van der Waals surface area contributed by atoms with Crippen LogP contribution in [0, 0.1) is 11.3 Å². The maximum absolute atomic E-state index is 11.7. The van der Waals surface area contributed by atoms with Gasteiger partial charge in [0.1, 0.15) is 18.4 Å². The fourth-order valence-corrected chi connectivity index (χ4v) is 3.26. The highest BCUT2D eigenvalue weighted by Crippen LogP contribution is 2.25. The standard InChI is InChI=1S/C20H22ClN5O2/c21-17-2-4-19(28-14-18-3-1-15(10-22)12-24-18)16(9-17)13-25-5-7-26(8-6-25)20(27)11-23/h1-4,9,12H,5-8,11,13-14,23H2. The van der Waals surface area contributed by atoms with Crippen LogP contribution in [0.3, 0.4) is 0 Å². The van der Waals surface area contributed by atoms with Gasteiger partial charge < -0.3 is 15.4 Å². The molecule has 146 valence electrons. The number of carbonyl (C=O) groups excluding carboxylic acids is 1. The summed E-state index contributed by atoms with van der Waals surface area (Å²) in [5, 5.41) is 9.50. The van der Waals surface area contributed by atoms with Crippen LogP contribution in [0.1, 0.15) is 16.8 Å². The fourth-order valence-electron chi connectivity index (χ4n) is 3.07. The number of rotatable bonds is 6. The van der Waals surface area contributed by atoms with E-state index in [-0.39, 0.29) is 12.5 Å². The lowest BCUT2D eigenvalue weighted by molar-refractivity contribution is -0.131. The maximum Gasteiger partial charge on any atom is 0.236 e. The van der Waals surface area contributed by atoms with Crippen molar-refractivity contribution in [3.8, 4) is 11.8 Å². The predicted molar refractivity (Wildman–Crippen MR) is 106 cm³/mol. The summed E-state index contributed by atoms with van der Waals surface area (Å²) in [5.74, 6) is 0.734. The summed E-state index contributed by atoms with van der Waals surface area (Å²) in [7, 11) is 0. The lowest BCUT2D eigenvalue weighted by Crippen LogP contribution is -2.49. The Kier molecular flexibility index (Phi) is 6.82. The second-order valence-electron chi connectivity index (χ2n) is 6.55. The van der Waals surface area contributed by atoms with Gasteiger partial charge in [0.05, 0.1) is 17.8 Å². The SMILES string of the molecule is N#Cc1ccc(COc2ccc(Cl)cc2CN2CCN(C(=O)CN)CC2)nc1. The van der Waals surface area contributed by atoms with Crippen molar-refractivity contribution in [1.82, 2.24) is 14.8 Å². The van der Waals surface area contributed by atoms with Gasteiger partial charge in [0.2, 0.25) is 5.91 Å². The van der Waals surface area contributed by atoms with E-state index >= 15 is 0 Å². The zero-order valence-electron chi connectivity index (χ0n) is 15.5. The summed E-state index contributed by atoms with van der Waals surface area (Å²) >= 11 is 6.18. The molecule has 2 N–H and O–H groups in total. The average molecular weight is 400 g/mol. The van der Waals surface area contributed by atoms with E-state index in [2.05, 4.69) is 9.88 Å². The van der Waals surface area contributed by atoms with Crippen LogP contribution in [0.15, 0.2) is 36.5 Å². The van der Waals surface area contributed by atoms with Crippen LogP contribution in [0.4, 0.5) is 0 Å². The number of aromatic nitrogens is 1. The van der Waals surface area contributed by atoms with Crippen LogP contribution in [0.25, 0.3) is 0 Å². The molecule has 0 radical (unpaired) electrons. The summed E-state index contributed by atoms with van der Waals surface area (Å²) in [6, 6.07) is 11.1. The van der Waals surface area contributed by atoms with Gasteiger partial charge in [0, 0.05) is 49.5 Å². The predicted octanol–water partition coefficient (Wildman–Crippen LogP) is 1.79. The third-order valence-corrected chi connectivity index (χ3v) is 4.88. The summed E-state index contributed by atoms with van der Waals surface area (Å²) in [4.78, 5) is 20.0.